The molecule has 0 bridgehead atoms. The predicted molar refractivity (Wildman–Crippen MR) is 92.4 cm³/mol. The minimum atomic E-state index is -0.212. The molecule has 0 spiro atoms. The number of aromatic nitrogens is 2. The molecule has 1 amide bonds. The number of anilines is 2. The Balaban J connectivity index is 2.08. The monoisotopic (exact) mass is 333 g/mol. The lowest BCUT2D eigenvalue weighted by Crippen LogP contribution is -2.32. The van der Waals surface area contributed by atoms with Gasteiger partial charge in [0.25, 0.3) is 5.91 Å². The summed E-state index contributed by atoms with van der Waals surface area (Å²) in [6.45, 7) is 3.16. The number of likely N-dealkylation sites (N-methyl/N-ethyl adjacent to an activating group) is 1. The first-order valence-corrected chi connectivity index (χ1v) is 7.63. The van der Waals surface area contributed by atoms with Gasteiger partial charge in [-0.15, -0.1) is 0 Å². The maximum absolute atomic E-state index is 12.2. The van der Waals surface area contributed by atoms with E-state index in [2.05, 4.69) is 20.6 Å². The molecule has 1 aromatic carbocycles. The van der Waals surface area contributed by atoms with Gasteiger partial charge in [0.05, 0.1) is 0 Å². The van der Waals surface area contributed by atoms with Crippen molar-refractivity contribution in [2.75, 3.05) is 32.5 Å². The van der Waals surface area contributed by atoms with Crippen molar-refractivity contribution in [2.45, 2.75) is 6.92 Å². The number of nitrogens with zero attached hydrogens (tertiary/aromatic N) is 3. The number of hydrogen-bond donors (Lipinski definition) is 2. The molecule has 0 aliphatic rings. The van der Waals surface area contributed by atoms with Crippen molar-refractivity contribution in [1.29, 1.82) is 0 Å². The first-order chi connectivity index (χ1) is 10.9. The summed E-state index contributed by atoms with van der Waals surface area (Å²) in [6.07, 6.45) is 0. The van der Waals surface area contributed by atoms with Crippen LogP contribution in [0.3, 0.4) is 0 Å². The minimum Gasteiger partial charge on any atom is -0.349 e. The molecule has 0 fully saturated rings. The van der Waals surface area contributed by atoms with E-state index in [0.29, 0.717) is 28.9 Å². The molecule has 122 valence electrons. The summed E-state index contributed by atoms with van der Waals surface area (Å²) < 4.78 is 0. The van der Waals surface area contributed by atoms with Gasteiger partial charge >= 0.3 is 0 Å². The summed E-state index contributed by atoms with van der Waals surface area (Å²) in [6, 6.07) is 8.86. The number of carbonyl (C=O) groups is 1. The molecule has 7 heteroatoms. The van der Waals surface area contributed by atoms with Gasteiger partial charge in [0.1, 0.15) is 5.69 Å². The number of rotatable bonds is 6. The highest BCUT2D eigenvalue weighted by atomic mass is 35.5. The Morgan fingerprint density at radius 3 is 2.57 bits per heavy atom. The number of amides is 1. The number of aryl methyl sites for hydroxylation is 1. The third-order valence-electron chi connectivity index (χ3n) is 3.03. The zero-order chi connectivity index (χ0) is 16.8. The lowest BCUT2D eigenvalue weighted by Gasteiger charge is -2.11. The molecule has 1 heterocycles. The second-order valence-electron chi connectivity index (χ2n) is 5.41. The Kier molecular flexibility index (Phi) is 5.90. The molecule has 6 nitrogen and oxygen atoms in total. The zero-order valence-electron chi connectivity index (χ0n) is 13.4. The molecule has 0 unspecified atom stereocenters. The Morgan fingerprint density at radius 2 is 1.91 bits per heavy atom. The lowest BCUT2D eigenvalue weighted by molar-refractivity contribution is 0.0946. The van der Waals surface area contributed by atoms with Crippen LogP contribution in [0.25, 0.3) is 0 Å². The van der Waals surface area contributed by atoms with Crippen molar-refractivity contribution < 1.29 is 4.79 Å². The number of carbonyl (C=O) groups excluding carboxylic acids is 1. The average molecular weight is 334 g/mol. The van der Waals surface area contributed by atoms with Crippen LogP contribution in [0.5, 0.6) is 0 Å². The van der Waals surface area contributed by atoms with Crippen LogP contribution >= 0.6 is 11.6 Å². The molecular weight excluding hydrogens is 314 g/mol. The second kappa shape index (κ2) is 7.89. The molecular formula is C16H20ClN5O. The topological polar surface area (TPSA) is 70.2 Å². The Hall–Kier alpha value is -2.18. The molecule has 0 saturated carbocycles. The van der Waals surface area contributed by atoms with Crippen molar-refractivity contribution in [3.05, 3.63) is 46.7 Å². The van der Waals surface area contributed by atoms with E-state index in [9.17, 15) is 4.79 Å². The summed E-state index contributed by atoms with van der Waals surface area (Å²) in [4.78, 5) is 22.7. The smallest absolute Gasteiger partial charge is 0.270 e. The van der Waals surface area contributed by atoms with E-state index in [4.69, 9.17) is 11.6 Å². The fraction of sp³-hybridized carbons (Fsp3) is 0.312. The summed E-state index contributed by atoms with van der Waals surface area (Å²) in [7, 11) is 3.91. The quantitative estimate of drug-likeness (QED) is 0.850. The molecule has 0 aliphatic heterocycles. The van der Waals surface area contributed by atoms with E-state index < -0.39 is 0 Å². The number of nitrogens with one attached hydrogen (secondary N) is 2. The summed E-state index contributed by atoms with van der Waals surface area (Å²) >= 11 is 5.86. The van der Waals surface area contributed by atoms with Crippen LogP contribution in [-0.4, -0.2) is 48.0 Å². The predicted octanol–water partition coefficient (Wildman–Crippen LogP) is 2.47. The fourth-order valence-electron chi connectivity index (χ4n) is 1.89. The SMILES string of the molecule is Cc1cc(C(=O)NCCN(C)C)nc(Nc2ccc(Cl)cc2)n1. The number of benzene rings is 1. The van der Waals surface area contributed by atoms with Crippen molar-refractivity contribution in [2.24, 2.45) is 0 Å². The van der Waals surface area contributed by atoms with Crippen LogP contribution < -0.4 is 10.6 Å². The van der Waals surface area contributed by atoms with Gasteiger partial charge in [0.15, 0.2) is 0 Å². The largest absolute Gasteiger partial charge is 0.349 e. The van der Waals surface area contributed by atoms with E-state index in [-0.39, 0.29) is 5.91 Å². The highest BCUT2D eigenvalue weighted by molar-refractivity contribution is 6.30. The van der Waals surface area contributed by atoms with Crippen molar-refractivity contribution in [1.82, 2.24) is 20.2 Å². The average Bonchev–Trinajstić information content (AvgIpc) is 2.48. The van der Waals surface area contributed by atoms with Gasteiger partial charge in [-0.25, -0.2) is 9.97 Å². The minimum absolute atomic E-state index is 0.212. The van der Waals surface area contributed by atoms with E-state index in [1.54, 1.807) is 18.2 Å². The highest BCUT2D eigenvalue weighted by Gasteiger charge is 2.10. The third kappa shape index (κ3) is 5.50. The van der Waals surface area contributed by atoms with Gasteiger partial charge in [0, 0.05) is 29.5 Å². The summed E-state index contributed by atoms with van der Waals surface area (Å²) in [5.41, 5.74) is 1.86. The highest BCUT2D eigenvalue weighted by Crippen LogP contribution is 2.17. The van der Waals surface area contributed by atoms with Gasteiger partial charge in [-0.2, -0.15) is 0 Å². The van der Waals surface area contributed by atoms with Crippen LogP contribution in [0.4, 0.5) is 11.6 Å². The lowest BCUT2D eigenvalue weighted by atomic mass is 10.3. The second-order valence-corrected chi connectivity index (χ2v) is 5.85. The van der Waals surface area contributed by atoms with Crippen molar-refractivity contribution >= 4 is 29.1 Å². The van der Waals surface area contributed by atoms with Crippen LogP contribution in [0.2, 0.25) is 5.02 Å². The van der Waals surface area contributed by atoms with Gasteiger partial charge < -0.3 is 15.5 Å². The van der Waals surface area contributed by atoms with Crippen molar-refractivity contribution in [3.8, 4) is 0 Å². The molecule has 1 aromatic heterocycles. The molecule has 2 N–H and O–H groups in total. The fourth-order valence-corrected chi connectivity index (χ4v) is 2.01. The molecule has 2 aromatic rings. The Labute approximate surface area is 140 Å². The molecule has 0 saturated heterocycles. The van der Waals surface area contributed by atoms with Crippen LogP contribution in [0, 0.1) is 6.92 Å². The Bertz CT molecular complexity index is 673. The van der Waals surface area contributed by atoms with Crippen LogP contribution in [0.15, 0.2) is 30.3 Å². The first kappa shape index (κ1) is 17.2. The zero-order valence-corrected chi connectivity index (χ0v) is 14.2. The van der Waals surface area contributed by atoms with E-state index in [1.807, 2.05) is 38.1 Å². The summed E-state index contributed by atoms with van der Waals surface area (Å²) in [5.74, 6) is 0.168. The molecule has 2 rings (SSSR count). The normalized spacial score (nSPS) is 10.7. The van der Waals surface area contributed by atoms with E-state index in [1.165, 1.54) is 0 Å². The van der Waals surface area contributed by atoms with E-state index in [0.717, 1.165) is 12.2 Å². The third-order valence-corrected chi connectivity index (χ3v) is 3.28. The van der Waals surface area contributed by atoms with Crippen LogP contribution in [-0.2, 0) is 0 Å². The van der Waals surface area contributed by atoms with Gasteiger partial charge in [0.2, 0.25) is 5.95 Å². The molecule has 0 atom stereocenters. The van der Waals surface area contributed by atoms with Crippen LogP contribution in [0.1, 0.15) is 16.2 Å². The standard InChI is InChI=1S/C16H20ClN5O/c1-11-10-14(15(23)18-8-9-22(2)3)21-16(19-11)20-13-6-4-12(17)5-7-13/h4-7,10H,8-9H2,1-3H3,(H,18,23)(H,19,20,21). The maximum Gasteiger partial charge on any atom is 0.270 e. The molecule has 23 heavy (non-hydrogen) atoms. The number of halogens is 1. The van der Waals surface area contributed by atoms with Gasteiger partial charge in [-0.1, -0.05) is 11.6 Å². The Morgan fingerprint density at radius 1 is 1.22 bits per heavy atom. The molecule has 0 radical (unpaired) electrons. The van der Waals surface area contributed by atoms with Crippen molar-refractivity contribution in [3.63, 3.8) is 0 Å². The number of hydrogen-bond acceptors (Lipinski definition) is 5. The summed E-state index contributed by atoms with van der Waals surface area (Å²) in [5, 5.41) is 6.57. The van der Waals surface area contributed by atoms with E-state index >= 15 is 0 Å². The van der Waals surface area contributed by atoms with Gasteiger partial charge in [-0.3, -0.25) is 4.79 Å². The molecule has 0 aliphatic carbocycles. The first-order valence-electron chi connectivity index (χ1n) is 7.25. The van der Waals surface area contributed by atoms with Gasteiger partial charge in [-0.05, 0) is 51.4 Å². The maximum atomic E-state index is 12.2.